The molecule has 46 valence electrons. The molecule has 0 radical (unpaired) electrons. The van der Waals surface area contributed by atoms with Crippen LogP contribution in [0.1, 0.15) is 5.69 Å². The first-order valence-corrected chi connectivity index (χ1v) is 2.96. The van der Waals surface area contributed by atoms with Crippen molar-refractivity contribution >= 4 is 6.21 Å². The van der Waals surface area contributed by atoms with E-state index in [2.05, 4.69) is 10.1 Å². The first-order valence-electron chi connectivity index (χ1n) is 2.96. The van der Waals surface area contributed by atoms with E-state index in [1.807, 2.05) is 23.2 Å². The second-order valence-electron chi connectivity index (χ2n) is 2.03. The van der Waals surface area contributed by atoms with Crippen LogP contribution in [0.15, 0.2) is 17.3 Å². The van der Waals surface area contributed by atoms with E-state index in [1.54, 1.807) is 0 Å². The van der Waals surface area contributed by atoms with Gasteiger partial charge in [-0.1, -0.05) is 0 Å². The Balaban J connectivity index is 2.46. The smallest absolute Gasteiger partial charge is 0.131 e. The molecule has 2 heterocycles. The molecular weight excluding hydrogens is 114 g/mol. The van der Waals surface area contributed by atoms with Crippen LogP contribution in [0.25, 0.3) is 0 Å². The molecule has 0 N–H and O–H groups in total. The Hall–Kier alpha value is -1.12. The van der Waals surface area contributed by atoms with Gasteiger partial charge < -0.3 is 0 Å². The second-order valence-corrected chi connectivity index (χ2v) is 2.03. The number of fused-ring (bicyclic) bond motifs is 1. The lowest BCUT2D eigenvalue weighted by Gasteiger charge is -2.05. The highest BCUT2D eigenvalue weighted by molar-refractivity contribution is 5.61. The van der Waals surface area contributed by atoms with Crippen molar-refractivity contribution in [1.82, 2.24) is 9.78 Å². The average Bonchev–Trinajstić information content (AvgIpc) is 2.33. The molecule has 1 aromatic rings. The van der Waals surface area contributed by atoms with Crippen molar-refractivity contribution in [3.05, 3.63) is 18.0 Å². The zero-order valence-electron chi connectivity index (χ0n) is 4.99. The number of nitrogens with zero attached hydrogens (tertiary/aromatic N) is 3. The zero-order valence-corrected chi connectivity index (χ0v) is 4.99. The number of rotatable bonds is 0. The van der Waals surface area contributed by atoms with E-state index in [-0.39, 0.29) is 0 Å². The van der Waals surface area contributed by atoms with Gasteiger partial charge in [0.1, 0.15) is 6.67 Å². The lowest BCUT2D eigenvalue weighted by atomic mass is 10.3. The van der Waals surface area contributed by atoms with Gasteiger partial charge >= 0.3 is 0 Å². The average molecular weight is 121 g/mol. The standard InChI is InChI=1S/C6H7N3/c1-3-7-5-9-6(1)2-4-8-9/h2-4H,1,5H2. The summed E-state index contributed by atoms with van der Waals surface area (Å²) in [6.45, 7) is 0.697. The van der Waals surface area contributed by atoms with Crippen molar-refractivity contribution in [2.75, 3.05) is 0 Å². The summed E-state index contributed by atoms with van der Waals surface area (Å²) in [7, 11) is 0. The molecule has 3 heteroatoms. The molecule has 0 fully saturated rings. The summed E-state index contributed by atoms with van der Waals surface area (Å²) in [6.07, 6.45) is 4.67. The lowest BCUT2D eigenvalue weighted by molar-refractivity contribution is 0.604. The molecule has 1 aromatic heterocycles. The Labute approximate surface area is 53.0 Å². The highest BCUT2D eigenvalue weighted by atomic mass is 15.3. The Morgan fingerprint density at radius 1 is 1.56 bits per heavy atom. The monoisotopic (exact) mass is 121 g/mol. The molecular formula is C6H7N3. The Bertz CT molecular complexity index is 214. The molecule has 0 bridgehead atoms. The summed E-state index contributed by atoms with van der Waals surface area (Å²) in [4.78, 5) is 4.07. The molecule has 0 saturated heterocycles. The highest BCUT2D eigenvalue weighted by Crippen LogP contribution is 2.02. The molecule has 0 aromatic carbocycles. The van der Waals surface area contributed by atoms with Crippen LogP contribution in [0.5, 0.6) is 0 Å². The minimum atomic E-state index is 0.697. The predicted octanol–water partition coefficient (Wildman–Crippen LogP) is 0.468. The van der Waals surface area contributed by atoms with Crippen LogP contribution in [-0.2, 0) is 13.1 Å². The molecule has 1 aliphatic heterocycles. The van der Waals surface area contributed by atoms with Crippen molar-refractivity contribution in [3.63, 3.8) is 0 Å². The maximum absolute atomic E-state index is 4.07. The first kappa shape index (κ1) is 4.73. The fraction of sp³-hybridized carbons (Fsp3) is 0.333. The van der Waals surface area contributed by atoms with Crippen molar-refractivity contribution in [3.8, 4) is 0 Å². The van der Waals surface area contributed by atoms with Gasteiger partial charge in [-0.15, -0.1) is 0 Å². The van der Waals surface area contributed by atoms with E-state index >= 15 is 0 Å². The Morgan fingerprint density at radius 2 is 2.56 bits per heavy atom. The normalized spacial score (nSPS) is 15.6. The molecule has 2 rings (SSSR count). The van der Waals surface area contributed by atoms with E-state index in [9.17, 15) is 0 Å². The topological polar surface area (TPSA) is 30.2 Å². The van der Waals surface area contributed by atoms with E-state index in [4.69, 9.17) is 0 Å². The van der Waals surface area contributed by atoms with Gasteiger partial charge in [-0.2, -0.15) is 5.10 Å². The van der Waals surface area contributed by atoms with Gasteiger partial charge in [0.05, 0.1) is 0 Å². The van der Waals surface area contributed by atoms with Gasteiger partial charge in [0.2, 0.25) is 0 Å². The van der Waals surface area contributed by atoms with Crippen LogP contribution in [0.3, 0.4) is 0 Å². The minimum absolute atomic E-state index is 0.697. The summed E-state index contributed by atoms with van der Waals surface area (Å²) in [5.74, 6) is 0. The summed E-state index contributed by atoms with van der Waals surface area (Å²) >= 11 is 0. The largest absolute Gasteiger partial charge is 0.274 e. The number of hydrogen-bond acceptors (Lipinski definition) is 2. The number of hydrogen-bond donors (Lipinski definition) is 0. The molecule has 0 saturated carbocycles. The van der Waals surface area contributed by atoms with Gasteiger partial charge in [-0.3, -0.25) is 4.99 Å². The molecule has 0 atom stereocenters. The quantitative estimate of drug-likeness (QED) is 0.490. The van der Waals surface area contributed by atoms with Crippen LogP contribution in [0.2, 0.25) is 0 Å². The van der Waals surface area contributed by atoms with Gasteiger partial charge in [0.15, 0.2) is 0 Å². The van der Waals surface area contributed by atoms with E-state index in [0.717, 1.165) is 6.42 Å². The van der Waals surface area contributed by atoms with Gasteiger partial charge in [0.25, 0.3) is 0 Å². The Kier molecular flexibility index (Phi) is 0.886. The number of aliphatic imine (C=N–C) groups is 1. The summed E-state index contributed by atoms with van der Waals surface area (Å²) in [5, 5.41) is 4.06. The van der Waals surface area contributed by atoms with Gasteiger partial charge in [-0.25, -0.2) is 4.68 Å². The van der Waals surface area contributed by atoms with E-state index in [0.29, 0.717) is 6.67 Å². The molecule has 9 heavy (non-hydrogen) atoms. The molecule has 1 aliphatic rings. The molecule has 0 spiro atoms. The van der Waals surface area contributed by atoms with Crippen molar-refractivity contribution < 1.29 is 0 Å². The summed E-state index contributed by atoms with van der Waals surface area (Å²) < 4.78 is 1.90. The molecule has 0 unspecified atom stereocenters. The third-order valence-electron chi connectivity index (χ3n) is 1.45. The molecule has 0 amide bonds. The van der Waals surface area contributed by atoms with Crippen molar-refractivity contribution in [2.45, 2.75) is 13.1 Å². The first-order chi connectivity index (χ1) is 4.47. The van der Waals surface area contributed by atoms with Crippen molar-refractivity contribution in [1.29, 1.82) is 0 Å². The van der Waals surface area contributed by atoms with E-state index < -0.39 is 0 Å². The van der Waals surface area contributed by atoms with Crippen LogP contribution in [0.4, 0.5) is 0 Å². The zero-order chi connectivity index (χ0) is 6.10. The highest BCUT2D eigenvalue weighted by Gasteiger charge is 2.01. The van der Waals surface area contributed by atoms with Crippen LogP contribution in [0, 0.1) is 0 Å². The Morgan fingerprint density at radius 3 is 3.44 bits per heavy atom. The van der Waals surface area contributed by atoms with Gasteiger partial charge in [0, 0.05) is 24.5 Å². The van der Waals surface area contributed by atoms with Crippen LogP contribution < -0.4 is 0 Å². The van der Waals surface area contributed by atoms with Crippen LogP contribution in [-0.4, -0.2) is 16.0 Å². The fourth-order valence-electron chi connectivity index (χ4n) is 0.954. The third kappa shape index (κ3) is 0.650. The lowest BCUT2D eigenvalue weighted by Crippen LogP contribution is -2.08. The van der Waals surface area contributed by atoms with E-state index in [1.165, 1.54) is 5.69 Å². The summed E-state index contributed by atoms with van der Waals surface area (Å²) in [5.41, 5.74) is 1.25. The maximum Gasteiger partial charge on any atom is 0.131 e. The van der Waals surface area contributed by atoms with Crippen LogP contribution >= 0.6 is 0 Å². The molecule has 0 aliphatic carbocycles. The van der Waals surface area contributed by atoms with Crippen molar-refractivity contribution in [2.24, 2.45) is 4.99 Å². The number of aromatic nitrogens is 2. The third-order valence-corrected chi connectivity index (χ3v) is 1.45. The summed E-state index contributed by atoms with van der Waals surface area (Å²) in [6, 6.07) is 2.02. The maximum atomic E-state index is 4.07. The fourth-order valence-corrected chi connectivity index (χ4v) is 0.954. The molecule has 3 nitrogen and oxygen atoms in total. The minimum Gasteiger partial charge on any atom is -0.274 e. The SMILES string of the molecule is C1=NCn2nccc2C1. The van der Waals surface area contributed by atoms with Gasteiger partial charge in [-0.05, 0) is 6.07 Å². The second kappa shape index (κ2) is 1.69. The predicted molar refractivity (Wildman–Crippen MR) is 34.4 cm³/mol.